The van der Waals surface area contributed by atoms with E-state index >= 15 is 0 Å². The lowest BCUT2D eigenvalue weighted by molar-refractivity contribution is -0.425. The van der Waals surface area contributed by atoms with E-state index in [9.17, 15) is 15.2 Å². The zero-order valence-corrected chi connectivity index (χ0v) is 14.2. The van der Waals surface area contributed by atoms with Gasteiger partial charge in [0.15, 0.2) is 11.5 Å². The Balaban J connectivity index is 2.34. The first-order valence-electron chi connectivity index (χ1n) is 7.41. The van der Waals surface area contributed by atoms with Crippen LogP contribution in [0.25, 0.3) is 6.08 Å². The Kier molecular flexibility index (Phi) is 5.84. The van der Waals surface area contributed by atoms with Gasteiger partial charge in [0.25, 0.3) is 5.70 Å². The quantitative estimate of drug-likeness (QED) is 0.612. The molecule has 0 fully saturated rings. The zero-order chi connectivity index (χ0) is 18.4. The molecule has 0 aliphatic carbocycles. The summed E-state index contributed by atoms with van der Waals surface area (Å²) in [5, 5.41) is 21.4. The van der Waals surface area contributed by atoms with E-state index in [0.29, 0.717) is 28.4 Å². The number of methoxy groups -OCH3 is 3. The van der Waals surface area contributed by atoms with E-state index in [1.54, 1.807) is 30.3 Å². The molecule has 2 aromatic rings. The summed E-state index contributed by atoms with van der Waals surface area (Å²) >= 11 is 0. The van der Waals surface area contributed by atoms with Gasteiger partial charge in [-0.1, -0.05) is 6.07 Å². The third kappa shape index (κ3) is 4.41. The number of phenols is 1. The van der Waals surface area contributed by atoms with Crippen LogP contribution in [0, 0.1) is 10.1 Å². The molecule has 0 saturated carbocycles. The number of aromatic hydroxyl groups is 1. The van der Waals surface area contributed by atoms with Gasteiger partial charge in [0.05, 0.1) is 32.7 Å². The van der Waals surface area contributed by atoms with Crippen LogP contribution in [-0.2, 0) is 6.42 Å². The van der Waals surface area contributed by atoms with Gasteiger partial charge in [-0.2, -0.15) is 0 Å². The van der Waals surface area contributed by atoms with Crippen molar-refractivity contribution >= 4 is 6.08 Å². The summed E-state index contributed by atoms with van der Waals surface area (Å²) in [6, 6.07) is 9.69. The van der Waals surface area contributed by atoms with Crippen LogP contribution in [0.3, 0.4) is 0 Å². The molecule has 0 amide bonds. The van der Waals surface area contributed by atoms with Crippen LogP contribution in [0.5, 0.6) is 23.0 Å². The lowest BCUT2D eigenvalue weighted by Gasteiger charge is -2.09. The Morgan fingerprint density at radius 2 is 1.80 bits per heavy atom. The van der Waals surface area contributed by atoms with Crippen LogP contribution in [0.1, 0.15) is 11.1 Å². The standard InChI is InChI=1S/C18H19NO6/c1-23-15-6-5-13(16(20)11-15)10-14(19(21)22)8-12-4-7-17(24-2)18(9-12)25-3/h4-7,9-11,20H,8H2,1-3H3/b14-10+. The molecule has 0 aliphatic heterocycles. The second-order valence-electron chi connectivity index (χ2n) is 5.18. The van der Waals surface area contributed by atoms with Gasteiger partial charge in [-0.15, -0.1) is 0 Å². The van der Waals surface area contributed by atoms with E-state index in [4.69, 9.17) is 14.2 Å². The van der Waals surface area contributed by atoms with Crippen molar-refractivity contribution in [3.63, 3.8) is 0 Å². The number of benzene rings is 2. The summed E-state index contributed by atoms with van der Waals surface area (Å²) in [6.45, 7) is 0. The Hall–Kier alpha value is -3.22. The molecule has 0 radical (unpaired) electrons. The van der Waals surface area contributed by atoms with E-state index in [1.165, 1.54) is 33.5 Å². The summed E-state index contributed by atoms with van der Waals surface area (Å²) in [4.78, 5) is 10.9. The van der Waals surface area contributed by atoms with Crippen LogP contribution in [0.15, 0.2) is 42.1 Å². The number of rotatable bonds is 7. The van der Waals surface area contributed by atoms with Crippen LogP contribution in [0.4, 0.5) is 0 Å². The molecule has 0 unspecified atom stereocenters. The number of nitrogens with zero attached hydrogens (tertiary/aromatic N) is 1. The normalized spacial score (nSPS) is 11.1. The van der Waals surface area contributed by atoms with Crippen molar-refractivity contribution in [2.24, 2.45) is 0 Å². The Morgan fingerprint density at radius 3 is 2.36 bits per heavy atom. The van der Waals surface area contributed by atoms with Gasteiger partial charge in [-0.05, 0) is 29.8 Å². The average molecular weight is 345 g/mol. The monoisotopic (exact) mass is 345 g/mol. The van der Waals surface area contributed by atoms with Gasteiger partial charge in [0, 0.05) is 17.7 Å². The molecule has 0 saturated heterocycles. The summed E-state index contributed by atoms with van der Waals surface area (Å²) in [5.74, 6) is 1.42. The van der Waals surface area contributed by atoms with Crippen LogP contribution in [0.2, 0.25) is 0 Å². The molecule has 7 nitrogen and oxygen atoms in total. The Labute approximate surface area is 145 Å². The first-order valence-corrected chi connectivity index (χ1v) is 7.41. The van der Waals surface area contributed by atoms with E-state index in [1.807, 2.05) is 0 Å². The molecule has 0 aliphatic rings. The van der Waals surface area contributed by atoms with Gasteiger partial charge >= 0.3 is 0 Å². The third-order valence-corrected chi connectivity index (χ3v) is 3.63. The van der Waals surface area contributed by atoms with Gasteiger partial charge in [0.2, 0.25) is 0 Å². The fourth-order valence-electron chi connectivity index (χ4n) is 2.32. The highest BCUT2D eigenvalue weighted by molar-refractivity contribution is 5.60. The largest absolute Gasteiger partial charge is 0.507 e. The molecule has 2 aromatic carbocycles. The molecule has 25 heavy (non-hydrogen) atoms. The molecule has 0 atom stereocenters. The predicted octanol–water partition coefficient (Wildman–Crippen LogP) is 3.28. The van der Waals surface area contributed by atoms with Gasteiger partial charge in [0.1, 0.15) is 11.5 Å². The lowest BCUT2D eigenvalue weighted by atomic mass is 10.1. The van der Waals surface area contributed by atoms with E-state index < -0.39 is 4.92 Å². The van der Waals surface area contributed by atoms with Gasteiger partial charge in [-0.25, -0.2) is 0 Å². The third-order valence-electron chi connectivity index (χ3n) is 3.63. The maximum atomic E-state index is 11.4. The van der Waals surface area contributed by atoms with Crippen molar-refractivity contribution in [2.45, 2.75) is 6.42 Å². The summed E-state index contributed by atoms with van der Waals surface area (Å²) in [7, 11) is 4.50. The van der Waals surface area contributed by atoms with Crippen molar-refractivity contribution in [1.29, 1.82) is 0 Å². The smallest absolute Gasteiger partial charge is 0.251 e. The second-order valence-corrected chi connectivity index (χ2v) is 5.18. The lowest BCUT2D eigenvalue weighted by Crippen LogP contribution is -2.03. The minimum atomic E-state index is -0.472. The zero-order valence-electron chi connectivity index (χ0n) is 14.2. The Morgan fingerprint density at radius 1 is 1.08 bits per heavy atom. The van der Waals surface area contributed by atoms with Gasteiger partial charge < -0.3 is 19.3 Å². The maximum absolute atomic E-state index is 11.4. The van der Waals surface area contributed by atoms with Crippen LogP contribution in [-0.4, -0.2) is 31.4 Å². The minimum Gasteiger partial charge on any atom is -0.507 e. The van der Waals surface area contributed by atoms with E-state index in [2.05, 4.69) is 0 Å². The summed E-state index contributed by atoms with van der Waals surface area (Å²) in [5.41, 5.74) is 0.967. The molecule has 0 bridgehead atoms. The highest BCUT2D eigenvalue weighted by Gasteiger charge is 2.15. The number of hydrogen-bond acceptors (Lipinski definition) is 6. The number of ether oxygens (including phenoxy) is 3. The van der Waals surface area contributed by atoms with Crippen molar-refractivity contribution in [3.05, 3.63) is 63.3 Å². The average Bonchev–Trinajstić information content (AvgIpc) is 2.62. The molecular weight excluding hydrogens is 326 g/mol. The fourth-order valence-corrected chi connectivity index (χ4v) is 2.32. The molecular formula is C18H19NO6. The molecule has 0 spiro atoms. The van der Waals surface area contributed by atoms with Crippen LogP contribution >= 0.6 is 0 Å². The predicted molar refractivity (Wildman–Crippen MR) is 92.9 cm³/mol. The number of hydrogen-bond donors (Lipinski definition) is 1. The minimum absolute atomic E-state index is 0.0623. The fraction of sp³-hybridized carbons (Fsp3) is 0.222. The van der Waals surface area contributed by atoms with E-state index in [0.717, 1.165) is 0 Å². The second kappa shape index (κ2) is 8.05. The summed E-state index contributed by atoms with van der Waals surface area (Å²) < 4.78 is 15.4. The van der Waals surface area contributed by atoms with Crippen molar-refractivity contribution in [1.82, 2.24) is 0 Å². The summed E-state index contributed by atoms with van der Waals surface area (Å²) in [6.07, 6.45) is 1.41. The topological polar surface area (TPSA) is 91.1 Å². The molecule has 0 heterocycles. The number of allylic oxidation sites excluding steroid dienone is 1. The van der Waals surface area contributed by atoms with Crippen molar-refractivity contribution in [3.8, 4) is 23.0 Å². The first kappa shape index (κ1) is 18.1. The highest BCUT2D eigenvalue weighted by Crippen LogP contribution is 2.30. The molecule has 2 rings (SSSR count). The van der Waals surface area contributed by atoms with Crippen molar-refractivity contribution in [2.75, 3.05) is 21.3 Å². The molecule has 132 valence electrons. The SMILES string of the molecule is COc1ccc(/C=C(\Cc2ccc(OC)c(OC)c2)[N+](=O)[O-])c(O)c1. The van der Waals surface area contributed by atoms with Gasteiger partial charge in [-0.3, -0.25) is 10.1 Å². The van der Waals surface area contributed by atoms with Crippen molar-refractivity contribution < 1.29 is 24.2 Å². The maximum Gasteiger partial charge on any atom is 0.251 e. The Bertz CT molecular complexity index is 800. The molecule has 1 N–H and O–H groups in total. The number of nitro groups is 1. The number of phenolic OH excluding ortho intramolecular Hbond substituents is 1. The molecule has 7 heteroatoms. The van der Waals surface area contributed by atoms with Crippen LogP contribution < -0.4 is 14.2 Å². The highest BCUT2D eigenvalue weighted by atomic mass is 16.6. The first-order chi connectivity index (χ1) is 12.0. The molecule has 0 aromatic heterocycles. The van der Waals surface area contributed by atoms with E-state index in [-0.39, 0.29) is 17.9 Å².